The van der Waals surface area contributed by atoms with Gasteiger partial charge in [0.1, 0.15) is 0 Å². The van der Waals surface area contributed by atoms with Crippen LogP contribution in [0, 0.1) is 13.8 Å². The predicted octanol–water partition coefficient (Wildman–Crippen LogP) is 2.23. The van der Waals surface area contributed by atoms with Crippen molar-refractivity contribution in [3.05, 3.63) is 15.6 Å². The average molecular weight is 196 g/mol. The van der Waals surface area contributed by atoms with Crippen molar-refractivity contribution in [3.8, 4) is 0 Å². The second kappa shape index (κ2) is 3.39. The van der Waals surface area contributed by atoms with E-state index in [1.54, 1.807) is 0 Å². The van der Waals surface area contributed by atoms with E-state index in [-0.39, 0.29) is 0 Å². The van der Waals surface area contributed by atoms with Gasteiger partial charge in [0.2, 0.25) is 0 Å². The Balaban J connectivity index is 2.20. The smallest absolute Gasteiger partial charge is 0.0900 e. The molecule has 0 bridgehead atoms. The zero-order chi connectivity index (χ0) is 9.42. The van der Waals surface area contributed by atoms with Gasteiger partial charge in [-0.25, -0.2) is 4.98 Å². The second-order valence-electron chi connectivity index (χ2n) is 3.92. The van der Waals surface area contributed by atoms with Gasteiger partial charge in [-0.2, -0.15) is 0 Å². The van der Waals surface area contributed by atoms with Crippen LogP contribution in [0.2, 0.25) is 0 Å². The molecule has 2 heterocycles. The first kappa shape index (κ1) is 9.16. The summed E-state index contributed by atoms with van der Waals surface area (Å²) in [6, 6.07) is 0.673. The Morgan fingerprint density at radius 1 is 1.46 bits per heavy atom. The third-order valence-corrected chi connectivity index (χ3v) is 3.90. The fraction of sp³-hybridized carbons (Fsp3) is 0.700. The average Bonchev–Trinajstić information content (AvgIpc) is 2.58. The van der Waals surface area contributed by atoms with Crippen LogP contribution in [0.3, 0.4) is 0 Å². The van der Waals surface area contributed by atoms with Crippen molar-refractivity contribution in [2.75, 3.05) is 6.54 Å². The molecule has 0 radical (unpaired) electrons. The number of aryl methyl sites for hydroxylation is 2. The van der Waals surface area contributed by atoms with Crippen molar-refractivity contribution >= 4 is 11.3 Å². The molecule has 2 atom stereocenters. The summed E-state index contributed by atoms with van der Waals surface area (Å²) in [5.74, 6) is 0.709. The lowest BCUT2D eigenvalue weighted by Gasteiger charge is -2.05. The van der Waals surface area contributed by atoms with Gasteiger partial charge in [-0.1, -0.05) is 0 Å². The molecule has 13 heavy (non-hydrogen) atoms. The number of nitrogens with zero attached hydrogens (tertiary/aromatic N) is 1. The lowest BCUT2D eigenvalue weighted by atomic mass is 10.0. The number of hydrogen-bond acceptors (Lipinski definition) is 3. The van der Waals surface area contributed by atoms with Crippen LogP contribution in [0.15, 0.2) is 0 Å². The highest BCUT2D eigenvalue weighted by Crippen LogP contribution is 2.32. The number of rotatable bonds is 1. The maximum Gasteiger partial charge on any atom is 0.0900 e. The maximum absolute atomic E-state index is 4.47. The molecule has 2 rings (SSSR count). The molecular weight excluding hydrogens is 180 g/mol. The first-order chi connectivity index (χ1) is 6.16. The van der Waals surface area contributed by atoms with Crippen molar-refractivity contribution in [1.29, 1.82) is 0 Å². The number of nitrogens with one attached hydrogen (secondary N) is 1. The molecule has 1 fully saturated rings. The fourth-order valence-corrected chi connectivity index (χ4v) is 3.10. The largest absolute Gasteiger partial charge is 0.314 e. The van der Waals surface area contributed by atoms with Crippen LogP contribution in [0.25, 0.3) is 0 Å². The summed E-state index contributed by atoms with van der Waals surface area (Å²) in [4.78, 5) is 5.97. The Labute approximate surface area is 83.4 Å². The number of thiazole rings is 1. The molecule has 0 saturated carbocycles. The third-order valence-electron chi connectivity index (χ3n) is 2.66. The van der Waals surface area contributed by atoms with Crippen LogP contribution in [-0.2, 0) is 0 Å². The summed E-state index contributed by atoms with van der Waals surface area (Å²) in [7, 11) is 0. The predicted molar refractivity (Wildman–Crippen MR) is 56.4 cm³/mol. The Morgan fingerprint density at radius 2 is 2.23 bits per heavy atom. The van der Waals surface area contributed by atoms with Crippen LogP contribution < -0.4 is 5.32 Å². The van der Waals surface area contributed by atoms with E-state index in [4.69, 9.17) is 0 Å². The van der Waals surface area contributed by atoms with Gasteiger partial charge in [0.25, 0.3) is 0 Å². The summed E-state index contributed by atoms with van der Waals surface area (Å²) in [6.45, 7) is 7.60. The van der Waals surface area contributed by atoms with Crippen molar-refractivity contribution in [3.63, 3.8) is 0 Å². The SMILES string of the molecule is Cc1nc(C)c(C2CNC(C)C2)s1. The van der Waals surface area contributed by atoms with Gasteiger partial charge in [-0.3, -0.25) is 0 Å². The van der Waals surface area contributed by atoms with Gasteiger partial charge >= 0.3 is 0 Å². The Morgan fingerprint density at radius 3 is 2.69 bits per heavy atom. The zero-order valence-corrected chi connectivity index (χ0v) is 9.24. The summed E-state index contributed by atoms with van der Waals surface area (Å²) in [6.07, 6.45) is 1.27. The number of hydrogen-bond donors (Lipinski definition) is 1. The molecule has 0 spiro atoms. The van der Waals surface area contributed by atoms with Crippen molar-refractivity contribution in [2.45, 2.75) is 39.2 Å². The lowest BCUT2D eigenvalue weighted by Crippen LogP contribution is -2.16. The van der Waals surface area contributed by atoms with Crippen LogP contribution >= 0.6 is 11.3 Å². The van der Waals surface area contributed by atoms with Crippen LogP contribution in [0.4, 0.5) is 0 Å². The van der Waals surface area contributed by atoms with Gasteiger partial charge in [-0.15, -0.1) is 11.3 Å². The molecule has 0 amide bonds. The molecule has 0 aliphatic carbocycles. The van der Waals surface area contributed by atoms with Crippen LogP contribution in [0.1, 0.15) is 34.8 Å². The van der Waals surface area contributed by atoms with Crippen molar-refractivity contribution in [2.24, 2.45) is 0 Å². The van der Waals surface area contributed by atoms with Gasteiger partial charge in [0.15, 0.2) is 0 Å². The van der Waals surface area contributed by atoms with Crippen LogP contribution in [-0.4, -0.2) is 17.6 Å². The molecule has 1 saturated heterocycles. The fourth-order valence-electron chi connectivity index (χ4n) is 2.06. The van der Waals surface area contributed by atoms with Crippen molar-refractivity contribution < 1.29 is 0 Å². The second-order valence-corrected chi connectivity index (χ2v) is 5.16. The van der Waals surface area contributed by atoms with E-state index in [0.717, 1.165) is 6.54 Å². The summed E-state index contributed by atoms with van der Waals surface area (Å²) >= 11 is 1.86. The molecule has 0 aromatic carbocycles. The standard InChI is InChI=1S/C10H16N2S/c1-6-4-9(5-11-6)10-7(2)12-8(3)13-10/h6,9,11H,4-5H2,1-3H3. The molecule has 1 aliphatic heterocycles. The highest BCUT2D eigenvalue weighted by molar-refractivity contribution is 7.11. The highest BCUT2D eigenvalue weighted by Gasteiger charge is 2.25. The first-order valence-corrected chi connectivity index (χ1v) is 5.65. The van der Waals surface area contributed by atoms with Gasteiger partial charge < -0.3 is 5.32 Å². The Kier molecular flexibility index (Phi) is 2.39. The van der Waals surface area contributed by atoms with E-state index in [9.17, 15) is 0 Å². The third kappa shape index (κ3) is 1.76. The van der Waals surface area contributed by atoms with E-state index in [0.29, 0.717) is 12.0 Å². The molecule has 2 nitrogen and oxygen atoms in total. The monoisotopic (exact) mass is 196 g/mol. The molecular formula is C10H16N2S. The summed E-state index contributed by atoms with van der Waals surface area (Å²) < 4.78 is 0. The normalized spacial score (nSPS) is 28.2. The highest BCUT2D eigenvalue weighted by atomic mass is 32.1. The molecule has 3 heteroatoms. The minimum atomic E-state index is 0.673. The maximum atomic E-state index is 4.47. The van der Waals surface area contributed by atoms with E-state index in [1.165, 1.54) is 22.0 Å². The van der Waals surface area contributed by atoms with Gasteiger partial charge in [0, 0.05) is 23.4 Å². The van der Waals surface area contributed by atoms with E-state index >= 15 is 0 Å². The molecule has 1 aromatic heterocycles. The van der Waals surface area contributed by atoms with Gasteiger partial charge in [-0.05, 0) is 27.2 Å². The minimum absolute atomic E-state index is 0.673. The van der Waals surface area contributed by atoms with Crippen molar-refractivity contribution in [1.82, 2.24) is 10.3 Å². The molecule has 72 valence electrons. The molecule has 1 N–H and O–H groups in total. The topological polar surface area (TPSA) is 24.9 Å². The van der Waals surface area contributed by atoms with Gasteiger partial charge in [0.05, 0.1) is 10.7 Å². The number of aromatic nitrogens is 1. The minimum Gasteiger partial charge on any atom is -0.314 e. The Hall–Kier alpha value is -0.410. The van der Waals surface area contributed by atoms with E-state index in [2.05, 4.69) is 31.1 Å². The molecule has 1 aromatic rings. The van der Waals surface area contributed by atoms with E-state index < -0.39 is 0 Å². The summed E-state index contributed by atoms with van der Waals surface area (Å²) in [5, 5.41) is 4.68. The van der Waals surface area contributed by atoms with Crippen LogP contribution in [0.5, 0.6) is 0 Å². The summed E-state index contributed by atoms with van der Waals surface area (Å²) in [5.41, 5.74) is 1.24. The zero-order valence-electron chi connectivity index (χ0n) is 8.42. The first-order valence-electron chi connectivity index (χ1n) is 4.84. The Bertz CT molecular complexity index is 306. The quantitative estimate of drug-likeness (QED) is 0.745. The molecule has 2 unspecified atom stereocenters. The molecule has 1 aliphatic rings. The van der Waals surface area contributed by atoms with E-state index in [1.807, 2.05) is 11.3 Å². The lowest BCUT2D eigenvalue weighted by molar-refractivity contribution is 0.659.